The molecule has 4 nitrogen and oxygen atoms in total. The Balaban J connectivity index is 2.86. The molecule has 0 radical (unpaired) electrons. The van der Waals surface area contributed by atoms with Crippen LogP contribution in [0.4, 0.5) is 0 Å². The molecule has 0 aliphatic carbocycles. The van der Waals surface area contributed by atoms with Gasteiger partial charge >= 0.3 is 5.97 Å². The van der Waals surface area contributed by atoms with Crippen molar-refractivity contribution in [1.82, 2.24) is 0 Å². The zero-order valence-electron chi connectivity index (χ0n) is 11.0. The Morgan fingerprint density at radius 1 is 1.59 bits per heavy atom. The van der Waals surface area contributed by atoms with E-state index < -0.39 is 5.60 Å². The van der Waals surface area contributed by atoms with Crippen LogP contribution >= 0.6 is 0 Å². The van der Waals surface area contributed by atoms with Crippen molar-refractivity contribution in [3.05, 3.63) is 0 Å². The second-order valence-corrected chi connectivity index (χ2v) is 5.21. The van der Waals surface area contributed by atoms with Crippen LogP contribution in [0, 0.1) is 17.2 Å². The second kappa shape index (κ2) is 5.50. The van der Waals surface area contributed by atoms with Crippen molar-refractivity contribution < 1.29 is 14.3 Å². The normalized spacial score (nSPS) is 33.9. The van der Waals surface area contributed by atoms with E-state index in [4.69, 9.17) is 14.7 Å². The molecule has 4 heteroatoms. The van der Waals surface area contributed by atoms with Crippen LogP contribution in [0.25, 0.3) is 0 Å². The Labute approximate surface area is 103 Å². The summed E-state index contributed by atoms with van der Waals surface area (Å²) in [5, 5.41) is 9.16. The Kier molecular flexibility index (Phi) is 4.53. The lowest BCUT2D eigenvalue weighted by molar-refractivity contribution is -0.163. The maximum atomic E-state index is 11.1. The van der Waals surface area contributed by atoms with Gasteiger partial charge in [0, 0.05) is 6.92 Å². The van der Waals surface area contributed by atoms with Crippen LogP contribution in [-0.2, 0) is 14.3 Å². The molecule has 0 aromatic heterocycles. The highest BCUT2D eigenvalue weighted by atomic mass is 16.6. The van der Waals surface area contributed by atoms with Gasteiger partial charge < -0.3 is 9.47 Å². The van der Waals surface area contributed by atoms with Crippen molar-refractivity contribution in [3.8, 4) is 6.07 Å². The minimum Gasteiger partial charge on any atom is -0.460 e. The van der Waals surface area contributed by atoms with Gasteiger partial charge in [-0.2, -0.15) is 5.26 Å². The maximum absolute atomic E-state index is 11.1. The summed E-state index contributed by atoms with van der Waals surface area (Å²) in [6.45, 7) is 7.25. The van der Waals surface area contributed by atoms with Crippen molar-refractivity contribution in [1.29, 1.82) is 5.26 Å². The van der Waals surface area contributed by atoms with Crippen LogP contribution in [0.5, 0.6) is 0 Å². The molecule has 0 aromatic carbocycles. The zero-order valence-corrected chi connectivity index (χ0v) is 11.0. The molecule has 0 bridgehead atoms. The Morgan fingerprint density at radius 2 is 2.24 bits per heavy atom. The average molecular weight is 239 g/mol. The number of ether oxygens (including phenoxy) is 2. The van der Waals surface area contributed by atoms with E-state index in [-0.39, 0.29) is 24.1 Å². The van der Waals surface area contributed by atoms with Gasteiger partial charge in [-0.15, -0.1) is 0 Å². The number of carbonyl (C=O) groups excluding carboxylic acids is 1. The molecule has 96 valence electrons. The van der Waals surface area contributed by atoms with E-state index >= 15 is 0 Å². The molecule has 1 aliphatic rings. The number of nitrogens with zero attached hydrogens (tertiary/aromatic N) is 1. The summed E-state index contributed by atoms with van der Waals surface area (Å²) < 4.78 is 11.2. The average Bonchev–Trinajstić information content (AvgIpc) is 2.39. The first-order valence-corrected chi connectivity index (χ1v) is 6.14. The van der Waals surface area contributed by atoms with Gasteiger partial charge in [-0.1, -0.05) is 13.8 Å². The monoisotopic (exact) mass is 239 g/mol. The lowest BCUT2D eigenvalue weighted by atomic mass is 9.98. The van der Waals surface area contributed by atoms with Gasteiger partial charge in [0.1, 0.15) is 6.10 Å². The van der Waals surface area contributed by atoms with Crippen molar-refractivity contribution in [3.63, 3.8) is 0 Å². The third kappa shape index (κ3) is 3.71. The molecule has 0 saturated carbocycles. The SMILES string of the molecule is CC(=O)OC1CCC[C@@](C)(C#N)O[C@@H]1C(C)C. The highest BCUT2D eigenvalue weighted by molar-refractivity contribution is 5.66. The van der Waals surface area contributed by atoms with Crippen molar-refractivity contribution in [2.45, 2.75) is 64.8 Å². The number of hydrogen-bond donors (Lipinski definition) is 0. The molecule has 0 N–H and O–H groups in total. The largest absolute Gasteiger partial charge is 0.460 e. The second-order valence-electron chi connectivity index (χ2n) is 5.21. The fourth-order valence-corrected chi connectivity index (χ4v) is 2.23. The standard InChI is InChI=1S/C13H21NO3/c1-9(2)12-11(16-10(3)15)6-5-7-13(4,8-14)17-12/h9,11-12H,5-7H2,1-4H3/t11?,12-,13+/m1/s1. The van der Waals surface area contributed by atoms with E-state index in [0.29, 0.717) is 6.42 Å². The zero-order chi connectivity index (χ0) is 13.1. The van der Waals surface area contributed by atoms with Gasteiger partial charge in [-0.3, -0.25) is 4.79 Å². The first kappa shape index (κ1) is 14.0. The van der Waals surface area contributed by atoms with Crippen LogP contribution in [-0.4, -0.2) is 23.8 Å². The number of hydrogen-bond acceptors (Lipinski definition) is 4. The summed E-state index contributed by atoms with van der Waals surface area (Å²) in [5.41, 5.74) is -0.760. The summed E-state index contributed by atoms with van der Waals surface area (Å²) >= 11 is 0. The van der Waals surface area contributed by atoms with Gasteiger partial charge in [-0.25, -0.2) is 0 Å². The molecule has 1 heterocycles. The molecule has 1 unspecified atom stereocenters. The van der Waals surface area contributed by atoms with Gasteiger partial charge in [0.15, 0.2) is 5.60 Å². The minimum absolute atomic E-state index is 0.203. The fraction of sp³-hybridized carbons (Fsp3) is 0.846. The van der Waals surface area contributed by atoms with E-state index in [2.05, 4.69) is 6.07 Å². The van der Waals surface area contributed by atoms with Crippen LogP contribution in [0.15, 0.2) is 0 Å². The predicted octanol–water partition coefficient (Wildman–Crippen LogP) is 2.43. The number of rotatable bonds is 2. The summed E-state index contributed by atoms with van der Waals surface area (Å²) in [7, 11) is 0. The van der Waals surface area contributed by atoms with Gasteiger partial charge in [0.25, 0.3) is 0 Å². The summed E-state index contributed by atoms with van der Waals surface area (Å²) in [4.78, 5) is 11.1. The first-order chi connectivity index (χ1) is 7.88. The van der Waals surface area contributed by atoms with E-state index in [9.17, 15) is 4.79 Å². The first-order valence-electron chi connectivity index (χ1n) is 6.14. The highest BCUT2D eigenvalue weighted by Gasteiger charge is 2.38. The quantitative estimate of drug-likeness (QED) is 0.694. The molecule has 0 spiro atoms. The predicted molar refractivity (Wildman–Crippen MR) is 63.1 cm³/mol. The lowest BCUT2D eigenvalue weighted by Crippen LogP contribution is -2.41. The molecule has 1 saturated heterocycles. The highest BCUT2D eigenvalue weighted by Crippen LogP contribution is 2.31. The van der Waals surface area contributed by atoms with Crippen molar-refractivity contribution >= 4 is 5.97 Å². The summed E-state index contributed by atoms with van der Waals surface area (Å²) in [5.74, 6) is -0.0741. The Bertz CT molecular complexity index is 321. The fourth-order valence-electron chi connectivity index (χ4n) is 2.23. The molecule has 17 heavy (non-hydrogen) atoms. The topological polar surface area (TPSA) is 59.3 Å². The third-order valence-electron chi connectivity index (χ3n) is 3.12. The van der Waals surface area contributed by atoms with Crippen LogP contribution in [0.1, 0.15) is 47.0 Å². The summed E-state index contributed by atoms with van der Waals surface area (Å²) in [6.07, 6.45) is 1.85. The molecule has 0 aromatic rings. The molecule has 1 aliphatic heterocycles. The molecule has 3 atom stereocenters. The minimum atomic E-state index is -0.760. The van der Waals surface area contributed by atoms with Crippen LogP contribution in [0.2, 0.25) is 0 Å². The van der Waals surface area contributed by atoms with Gasteiger partial charge in [-0.05, 0) is 32.1 Å². The number of carbonyl (C=O) groups is 1. The molecule has 0 amide bonds. The van der Waals surface area contributed by atoms with Crippen molar-refractivity contribution in [2.75, 3.05) is 0 Å². The lowest BCUT2D eigenvalue weighted by Gasteiger charge is -2.31. The van der Waals surface area contributed by atoms with E-state index in [0.717, 1.165) is 12.8 Å². The van der Waals surface area contributed by atoms with Crippen LogP contribution < -0.4 is 0 Å². The van der Waals surface area contributed by atoms with Crippen LogP contribution in [0.3, 0.4) is 0 Å². The molecular formula is C13H21NO3. The van der Waals surface area contributed by atoms with Crippen molar-refractivity contribution in [2.24, 2.45) is 5.92 Å². The van der Waals surface area contributed by atoms with E-state index in [1.807, 2.05) is 13.8 Å². The molecule has 1 rings (SSSR count). The smallest absolute Gasteiger partial charge is 0.302 e. The third-order valence-corrected chi connectivity index (χ3v) is 3.12. The Morgan fingerprint density at radius 3 is 2.71 bits per heavy atom. The molecular weight excluding hydrogens is 218 g/mol. The van der Waals surface area contributed by atoms with E-state index in [1.165, 1.54) is 6.92 Å². The van der Waals surface area contributed by atoms with E-state index in [1.54, 1.807) is 6.92 Å². The maximum Gasteiger partial charge on any atom is 0.302 e. The Hall–Kier alpha value is -1.08. The summed E-state index contributed by atoms with van der Waals surface area (Å²) in [6, 6.07) is 2.22. The molecule has 1 fully saturated rings. The van der Waals surface area contributed by atoms with Gasteiger partial charge in [0.2, 0.25) is 0 Å². The number of nitriles is 1. The number of esters is 1. The van der Waals surface area contributed by atoms with Gasteiger partial charge in [0.05, 0.1) is 12.2 Å².